The lowest BCUT2D eigenvalue weighted by atomic mass is 9.99. The van der Waals surface area contributed by atoms with Gasteiger partial charge in [-0.3, -0.25) is 0 Å². The molecule has 0 saturated heterocycles. The Morgan fingerprint density at radius 3 is 2.32 bits per heavy atom. The topological polar surface area (TPSA) is 67.5 Å². The van der Waals surface area contributed by atoms with Crippen LogP contribution in [0, 0.1) is 6.92 Å². The van der Waals surface area contributed by atoms with Gasteiger partial charge < -0.3 is 5.73 Å². The van der Waals surface area contributed by atoms with Crippen LogP contribution in [0.15, 0.2) is 59.7 Å². The van der Waals surface area contributed by atoms with Crippen molar-refractivity contribution in [1.29, 1.82) is 0 Å². The van der Waals surface area contributed by atoms with E-state index in [-0.39, 0.29) is 0 Å². The molecule has 4 nitrogen and oxygen atoms in total. The Balaban J connectivity index is 2.43. The van der Waals surface area contributed by atoms with Crippen molar-refractivity contribution in [1.82, 2.24) is 5.43 Å². The molecular weight excluding hydrogens is 274 g/mol. The number of rotatable bonds is 4. The van der Waals surface area contributed by atoms with Gasteiger partial charge in [0.1, 0.15) is 0 Å². The summed E-state index contributed by atoms with van der Waals surface area (Å²) in [6.45, 7) is 3.89. The quantitative estimate of drug-likeness (QED) is 0.505. The molecule has 0 saturated carbocycles. The average molecular weight is 293 g/mol. The molecule has 0 aliphatic rings. The predicted molar refractivity (Wildman–Crippen MR) is 91.3 cm³/mol. The third-order valence-electron chi connectivity index (χ3n) is 3.20. The second-order valence-corrected chi connectivity index (χ2v) is 5.01. The van der Waals surface area contributed by atoms with Gasteiger partial charge in [-0.1, -0.05) is 60.2 Å². The summed E-state index contributed by atoms with van der Waals surface area (Å²) in [6.07, 6.45) is 2.04. The van der Waals surface area contributed by atoms with Gasteiger partial charge in [0.05, 0.1) is 5.71 Å². The molecule has 4 heteroatoms. The maximum atomic E-state index is 10.8. The SMILES string of the molecule is CC(=NNC(N)=O)/C(=C\c1ccc(C)cc1)c1ccccc1. The molecule has 0 fully saturated rings. The van der Waals surface area contributed by atoms with Crippen LogP contribution in [0.25, 0.3) is 11.6 Å². The molecule has 0 aliphatic carbocycles. The van der Waals surface area contributed by atoms with Gasteiger partial charge in [-0.25, -0.2) is 10.2 Å². The van der Waals surface area contributed by atoms with Crippen molar-refractivity contribution in [2.24, 2.45) is 10.8 Å². The van der Waals surface area contributed by atoms with Crippen molar-refractivity contribution in [3.63, 3.8) is 0 Å². The van der Waals surface area contributed by atoms with Gasteiger partial charge in [-0.05, 0) is 31.1 Å². The summed E-state index contributed by atoms with van der Waals surface area (Å²) in [6, 6.07) is 17.4. The van der Waals surface area contributed by atoms with Crippen LogP contribution >= 0.6 is 0 Å². The number of urea groups is 1. The molecule has 3 N–H and O–H groups in total. The Kier molecular flexibility index (Phi) is 5.09. The number of primary amides is 1. The maximum absolute atomic E-state index is 10.8. The highest BCUT2D eigenvalue weighted by Gasteiger charge is 2.06. The molecule has 0 aromatic heterocycles. The first-order valence-corrected chi connectivity index (χ1v) is 7.00. The van der Waals surface area contributed by atoms with E-state index in [1.54, 1.807) is 0 Å². The molecule has 112 valence electrons. The Hall–Kier alpha value is -2.88. The predicted octanol–water partition coefficient (Wildman–Crippen LogP) is 3.58. The minimum Gasteiger partial charge on any atom is -0.350 e. The number of benzene rings is 2. The Morgan fingerprint density at radius 2 is 1.73 bits per heavy atom. The molecule has 0 heterocycles. The van der Waals surface area contributed by atoms with Crippen LogP contribution in [0.4, 0.5) is 4.79 Å². The summed E-state index contributed by atoms with van der Waals surface area (Å²) in [5, 5.41) is 4.04. The molecule has 22 heavy (non-hydrogen) atoms. The average Bonchev–Trinajstić information content (AvgIpc) is 2.53. The van der Waals surface area contributed by atoms with Gasteiger partial charge in [0.15, 0.2) is 0 Å². The van der Waals surface area contributed by atoms with Crippen molar-refractivity contribution >= 4 is 23.4 Å². The van der Waals surface area contributed by atoms with Crippen LogP contribution < -0.4 is 11.2 Å². The summed E-state index contributed by atoms with van der Waals surface area (Å²) in [4.78, 5) is 10.8. The minimum absolute atomic E-state index is 0.679. The molecule has 0 spiro atoms. The van der Waals surface area contributed by atoms with Crippen LogP contribution in [-0.4, -0.2) is 11.7 Å². The lowest BCUT2D eigenvalue weighted by Crippen LogP contribution is -2.25. The third kappa shape index (κ3) is 4.31. The highest BCUT2D eigenvalue weighted by Crippen LogP contribution is 2.20. The summed E-state index contributed by atoms with van der Waals surface area (Å²) in [5.41, 5.74) is 12.3. The van der Waals surface area contributed by atoms with Crippen LogP contribution in [0.3, 0.4) is 0 Å². The number of aryl methyl sites for hydroxylation is 1. The lowest BCUT2D eigenvalue weighted by Gasteiger charge is -2.08. The molecular formula is C18H19N3O. The Morgan fingerprint density at radius 1 is 1.09 bits per heavy atom. The molecule has 2 amide bonds. The number of carbonyl (C=O) groups excluding carboxylic acids is 1. The highest BCUT2D eigenvalue weighted by atomic mass is 16.2. The zero-order valence-electron chi connectivity index (χ0n) is 12.7. The number of allylic oxidation sites excluding steroid dienone is 1. The van der Waals surface area contributed by atoms with E-state index >= 15 is 0 Å². The molecule has 2 aromatic carbocycles. The molecule has 0 bridgehead atoms. The van der Waals surface area contributed by atoms with E-state index in [9.17, 15) is 4.79 Å². The van der Waals surface area contributed by atoms with E-state index in [4.69, 9.17) is 5.73 Å². The Labute approximate surface area is 130 Å². The second-order valence-electron chi connectivity index (χ2n) is 5.01. The van der Waals surface area contributed by atoms with Gasteiger partial charge in [0, 0.05) is 5.57 Å². The summed E-state index contributed by atoms with van der Waals surface area (Å²) in [7, 11) is 0. The molecule has 0 atom stereocenters. The van der Waals surface area contributed by atoms with Crippen LogP contribution in [-0.2, 0) is 0 Å². The van der Waals surface area contributed by atoms with Crippen LogP contribution in [0.1, 0.15) is 23.6 Å². The first-order chi connectivity index (χ1) is 10.6. The number of amides is 2. The largest absolute Gasteiger partial charge is 0.350 e. The van der Waals surface area contributed by atoms with Gasteiger partial charge in [0.25, 0.3) is 0 Å². The molecule has 2 rings (SSSR count). The fourth-order valence-corrected chi connectivity index (χ4v) is 2.04. The summed E-state index contributed by atoms with van der Waals surface area (Å²) >= 11 is 0. The van der Waals surface area contributed by atoms with Crippen LogP contribution in [0.5, 0.6) is 0 Å². The van der Waals surface area contributed by atoms with Crippen molar-refractivity contribution in [2.45, 2.75) is 13.8 Å². The van der Waals surface area contributed by atoms with Gasteiger partial charge in [-0.15, -0.1) is 0 Å². The number of nitrogens with one attached hydrogen (secondary N) is 1. The van der Waals surface area contributed by atoms with Crippen molar-refractivity contribution < 1.29 is 4.79 Å². The van der Waals surface area contributed by atoms with Crippen molar-refractivity contribution in [3.05, 3.63) is 71.3 Å². The number of hydrogen-bond donors (Lipinski definition) is 2. The standard InChI is InChI=1S/C18H19N3O/c1-13-8-10-15(11-9-13)12-17(14(2)20-21-18(19)22)16-6-4-3-5-7-16/h3-12H,1-2H3,(H3,19,21,22)/b17-12+,20-14?. The number of nitrogens with zero attached hydrogens (tertiary/aromatic N) is 1. The fraction of sp³-hybridized carbons (Fsp3) is 0.111. The van der Waals surface area contributed by atoms with E-state index in [2.05, 4.69) is 29.6 Å². The normalized spacial score (nSPS) is 12.1. The van der Waals surface area contributed by atoms with Gasteiger partial charge in [0.2, 0.25) is 0 Å². The number of nitrogens with two attached hydrogens (primary N) is 1. The highest BCUT2D eigenvalue weighted by molar-refractivity contribution is 6.27. The third-order valence-corrected chi connectivity index (χ3v) is 3.20. The first kappa shape index (κ1) is 15.5. The van der Waals surface area contributed by atoms with E-state index in [0.29, 0.717) is 5.71 Å². The summed E-state index contributed by atoms with van der Waals surface area (Å²) < 4.78 is 0. The first-order valence-electron chi connectivity index (χ1n) is 7.00. The molecule has 0 aliphatic heterocycles. The maximum Gasteiger partial charge on any atom is 0.332 e. The van der Waals surface area contributed by atoms with E-state index in [1.165, 1.54) is 5.56 Å². The monoisotopic (exact) mass is 293 g/mol. The van der Waals surface area contributed by atoms with Crippen LogP contribution in [0.2, 0.25) is 0 Å². The van der Waals surface area contributed by atoms with Crippen molar-refractivity contribution in [2.75, 3.05) is 0 Å². The number of hydrazone groups is 1. The van der Waals surface area contributed by atoms with E-state index in [0.717, 1.165) is 16.7 Å². The smallest absolute Gasteiger partial charge is 0.332 e. The lowest BCUT2D eigenvalue weighted by molar-refractivity contribution is 0.249. The van der Waals surface area contributed by atoms with E-state index < -0.39 is 6.03 Å². The molecule has 0 radical (unpaired) electrons. The van der Waals surface area contributed by atoms with Gasteiger partial charge >= 0.3 is 6.03 Å². The number of carbonyl (C=O) groups is 1. The molecule has 0 unspecified atom stereocenters. The van der Waals surface area contributed by atoms with Crippen molar-refractivity contribution in [3.8, 4) is 0 Å². The molecule has 2 aromatic rings. The zero-order chi connectivity index (χ0) is 15.9. The minimum atomic E-state index is -0.679. The summed E-state index contributed by atoms with van der Waals surface area (Å²) in [5.74, 6) is 0. The fourth-order valence-electron chi connectivity index (χ4n) is 2.04. The van der Waals surface area contributed by atoms with Gasteiger partial charge in [-0.2, -0.15) is 5.10 Å². The van der Waals surface area contributed by atoms with E-state index in [1.807, 2.05) is 55.5 Å². The number of hydrogen-bond acceptors (Lipinski definition) is 2. The Bertz CT molecular complexity index is 701. The second kappa shape index (κ2) is 7.22. The zero-order valence-corrected chi connectivity index (χ0v) is 12.7.